The Morgan fingerprint density at radius 3 is 2.62 bits per heavy atom. The second kappa shape index (κ2) is 7.13. The monoisotopic (exact) mass is 359 g/mol. The Kier molecular flexibility index (Phi) is 5.07. The maximum absolute atomic E-state index is 12.5. The van der Waals surface area contributed by atoms with Crippen LogP contribution in [-0.2, 0) is 11.8 Å². The Labute approximate surface area is 154 Å². The standard InChI is InChI=1S/C19H29N5O2/c1-6-24(18(25)26-19(2,3)4)14-10-12-23(13-11-14)16-9-7-8-15-17(16)20-21-22(15)5/h7-9,14H,6,10-13H2,1-5H3. The minimum Gasteiger partial charge on any atom is -0.444 e. The van der Waals surface area contributed by atoms with Crippen LogP contribution in [0.25, 0.3) is 11.0 Å². The average Bonchev–Trinajstić information content (AvgIpc) is 2.96. The second-order valence-corrected chi connectivity index (χ2v) is 7.84. The molecule has 1 saturated heterocycles. The van der Waals surface area contributed by atoms with Crippen molar-refractivity contribution in [2.45, 2.75) is 52.2 Å². The first-order valence-electron chi connectivity index (χ1n) is 9.33. The van der Waals surface area contributed by atoms with Gasteiger partial charge in [0, 0.05) is 32.7 Å². The van der Waals surface area contributed by atoms with Crippen LogP contribution in [0.2, 0.25) is 0 Å². The fourth-order valence-corrected chi connectivity index (χ4v) is 3.57. The van der Waals surface area contributed by atoms with Gasteiger partial charge in [-0.25, -0.2) is 9.48 Å². The van der Waals surface area contributed by atoms with E-state index in [1.165, 1.54) is 0 Å². The number of hydrogen-bond donors (Lipinski definition) is 0. The summed E-state index contributed by atoms with van der Waals surface area (Å²) in [7, 11) is 1.91. The van der Waals surface area contributed by atoms with Gasteiger partial charge >= 0.3 is 6.09 Å². The molecule has 0 bridgehead atoms. The molecule has 2 aromatic rings. The molecule has 0 unspecified atom stereocenters. The molecule has 1 aliphatic heterocycles. The number of anilines is 1. The number of ether oxygens (including phenoxy) is 1. The zero-order valence-electron chi connectivity index (χ0n) is 16.4. The Balaban J connectivity index is 1.69. The number of carbonyl (C=O) groups excluding carboxylic acids is 1. The van der Waals surface area contributed by atoms with Crippen LogP contribution in [0.4, 0.5) is 10.5 Å². The van der Waals surface area contributed by atoms with Crippen LogP contribution in [0, 0.1) is 0 Å². The predicted octanol–water partition coefficient (Wildman–Crippen LogP) is 3.19. The number of fused-ring (bicyclic) bond motifs is 1. The van der Waals surface area contributed by atoms with Gasteiger partial charge in [0.25, 0.3) is 0 Å². The van der Waals surface area contributed by atoms with Gasteiger partial charge in [-0.2, -0.15) is 0 Å². The zero-order chi connectivity index (χ0) is 18.9. The van der Waals surface area contributed by atoms with Crippen molar-refractivity contribution in [3.8, 4) is 0 Å². The molecule has 1 fully saturated rings. The Bertz CT molecular complexity index is 772. The molecule has 142 valence electrons. The largest absolute Gasteiger partial charge is 0.444 e. The number of nitrogens with zero attached hydrogens (tertiary/aromatic N) is 5. The van der Waals surface area contributed by atoms with E-state index in [0.717, 1.165) is 42.7 Å². The molecule has 3 rings (SSSR count). The van der Waals surface area contributed by atoms with Crippen LogP contribution < -0.4 is 4.90 Å². The molecule has 0 saturated carbocycles. The highest BCUT2D eigenvalue weighted by atomic mass is 16.6. The van der Waals surface area contributed by atoms with Crippen molar-refractivity contribution in [1.82, 2.24) is 19.9 Å². The van der Waals surface area contributed by atoms with Crippen molar-refractivity contribution in [3.05, 3.63) is 18.2 Å². The van der Waals surface area contributed by atoms with Crippen LogP contribution >= 0.6 is 0 Å². The molecule has 0 atom stereocenters. The third-order valence-corrected chi connectivity index (χ3v) is 4.84. The smallest absolute Gasteiger partial charge is 0.410 e. The first kappa shape index (κ1) is 18.5. The van der Waals surface area contributed by atoms with Gasteiger partial charge in [0.15, 0.2) is 0 Å². The van der Waals surface area contributed by atoms with Gasteiger partial charge in [-0.05, 0) is 52.7 Å². The summed E-state index contributed by atoms with van der Waals surface area (Å²) in [6.07, 6.45) is 1.63. The first-order valence-corrected chi connectivity index (χ1v) is 9.33. The molecule has 0 radical (unpaired) electrons. The van der Waals surface area contributed by atoms with E-state index in [1.807, 2.05) is 51.8 Å². The van der Waals surface area contributed by atoms with Gasteiger partial charge in [0.1, 0.15) is 11.1 Å². The van der Waals surface area contributed by atoms with E-state index in [1.54, 1.807) is 4.68 Å². The second-order valence-electron chi connectivity index (χ2n) is 7.84. The maximum Gasteiger partial charge on any atom is 0.410 e. The molecular formula is C19H29N5O2. The highest BCUT2D eigenvalue weighted by Gasteiger charge is 2.30. The fourth-order valence-electron chi connectivity index (χ4n) is 3.57. The van der Waals surface area contributed by atoms with Crippen LogP contribution in [0.3, 0.4) is 0 Å². The quantitative estimate of drug-likeness (QED) is 0.842. The van der Waals surface area contributed by atoms with Crippen molar-refractivity contribution in [3.63, 3.8) is 0 Å². The van der Waals surface area contributed by atoms with E-state index >= 15 is 0 Å². The summed E-state index contributed by atoms with van der Waals surface area (Å²) in [5.74, 6) is 0. The normalized spacial score (nSPS) is 16.1. The lowest BCUT2D eigenvalue weighted by Crippen LogP contribution is -2.48. The number of aromatic nitrogens is 3. The van der Waals surface area contributed by atoms with Crippen molar-refractivity contribution < 1.29 is 9.53 Å². The number of piperidine rings is 1. The van der Waals surface area contributed by atoms with E-state index in [4.69, 9.17) is 4.74 Å². The molecule has 1 amide bonds. The van der Waals surface area contributed by atoms with Gasteiger partial charge in [-0.1, -0.05) is 11.3 Å². The van der Waals surface area contributed by atoms with Crippen LogP contribution in [-0.4, -0.2) is 57.3 Å². The van der Waals surface area contributed by atoms with Crippen molar-refractivity contribution in [1.29, 1.82) is 0 Å². The Hall–Kier alpha value is -2.31. The van der Waals surface area contributed by atoms with Gasteiger partial charge in [0.05, 0.1) is 11.2 Å². The summed E-state index contributed by atoms with van der Waals surface area (Å²) in [4.78, 5) is 16.7. The number of hydrogen-bond acceptors (Lipinski definition) is 5. The number of benzene rings is 1. The third kappa shape index (κ3) is 3.76. The molecular weight excluding hydrogens is 330 g/mol. The van der Waals surface area contributed by atoms with Gasteiger partial charge in [0.2, 0.25) is 0 Å². The molecule has 7 heteroatoms. The minimum atomic E-state index is -0.465. The highest BCUT2D eigenvalue weighted by molar-refractivity contribution is 5.88. The predicted molar refractivity (Wildman–Crippen MR) is 102 cm³/mol. The summed E-state index contributed by atoms with van der Waals surface area (Å²) in [5.41, 5.74) is 2.63. The van der Waals surface area contributed by atoms with E-state index in [0.29, 0.717) is 6.54 Å². The van der Waals surface area contributed by atoms with E-state index in [2.05, 4.69) is 21.3 Å². The van der Waals surface area contributed by atoms with Gasteiger partial charge < -0.3 is 14.5 Å². The lowest BCUT2D eigenvalue weighted by molar-refractivity contribution is 0.0149. The summed E-state index contributed by atoms with van der Waals surface area (Å²) < 4.78 is 7.37. The van der Waals surface area contributed by atoms with Gasteiger partial charge in [-0.3, -0.25) is 0 Å². The molecule has 0 aliphatic carbocycles. The van der Waals surface area contributed by atoms with E-state index in [-0.39, 0.29) is 12.1 Å². The van der Waals surface area contributed by atoms with Gasteiger partial charge in [-0.15, -0.1) is 5.10 Å². The molecule has 1 aliphatic rings. The van der Waals surface area contributed by atoms with Crippen LogP contribution in [0.15, 0.2) is 18.2 Å². The summed E-state index contributed by atoms with van der Waals surface area (Å²) in [6, 6.07) is 6.40. The number of aryl methyl sites for hydroxylation is 1. The number of carbonyl (C=O) groups is 1. The molecule has 0 N–H and O–H groups in total. The van der Waals surface area contributed by atoms with Crippen molar-refractivity contribution >= 4 is 22.8 Å². The summed E-state index contributed by atoms with van der Waals surface area (Å²) in [6.45, 7) is 10.2. The summed E-state index contributed by atoms with van der Waals surface area (Å²) >= 11 is 0. The molecule has 1 aromatic carbocycles. The fraction of sp³-hybridized carbons (Fsp3) is 0.632. The average molecular weight is 359 g/mol. The molecule has 26 heavy (non-hydrogen) atoms. The zero-order valence-corrected chi connectivity index (χ0v) is 16.4. The lowest BCUT2D eigenvalue weighted by Gasteiger charge is -2.39. The topological polar surface area (TPSA) is 63.5 Å². The first-order chi connectivity index (χ1) is 12.3. The molecule has 1 aromatic heterocycles. The molecule has 7 nitrogen and oxygen atoms in total. The van der Waals surface area contributed by atoms with E-state index < -0.39 is 5.60 Å². The lowest BCUT2D eigenvalue weighted by atomic mass is 10.0. The summed E-state index contributed by atoms with van der Waals surface area (Å²) in [5, 5.41) is 8.45. The molecule has 0 spiro atoms. The number of amides is 1. The molecule has 2 heterocycles. The van der Waals surface area contributed by atoms with Crippen LogP contribution in [0.5, 0.6) is 0 Å². The van der Waals surface area contributed by atoms with Crippen molar-refractivity contribution in [2.24, 2.45) is 7.05 Å². The SMILES string of the molecule is CCN(C(=O)OC(C)(C)C)C1CCN(c2cccc3c2nnn3C)CC1. The Morgan fingerprint density at radius 1 is 1.31 bits per heavy atom. The Morgan fingerprint density at radius 2 is 2.00 bits per heavy atom. The number of rotatable bonds is 3. The van der Waals surface area contributed by atoms with Crippen molar-refractivity contribution in [2.75, 3.05) is 24.5 Å². The third-order valence-electron chi connectivity index (χ3n) is 4.84. The minimum absolute atomic E-state index is 0.213. The maximum atomic E-state index is 12.5. The highest BCUT2D eigenvalue weighted by Crippen LogP contribution is 2.28. The van der Waals surface area contributed by atoms with Crippen LogP contribution in [0.1, 0.15) is 40.5 Å². The van der Waals surface area contributed by atoms with E-state index in [9.17, 15) is 4.79 Å².